The van der Waals surface area contributed by atoms with Crippen molar-refractivity contribution < 1.29 is 104 Å². The van der Waals surface area contributed by atoms with Crippen molar-refractivity contribution >= 4 is 52.8 Å². The molecular weight excluding hydrogens is 1370 g/mol. The minimum absolute atomic E-state index is 0.0173. The van der Waals surface area contributed by atoms with E-state index in [2.05, 4.69) is 20.8 Å². The number of fused-ring (bicyclic) bond motifs is 2. The molecule has 7 rings (SSSR count). The Labute approximate surface area is 591 Å². The number of esters is 3. The van der Waals surface area contributed by atoms with Crippen molar-refractivity contribution in [1.82, 2.24) is 0 Å². The van der Waals surface area contributed by atoms with Gasteiger partial charge in [-0.2, -0.15) is 0 Å². The van der Waals surface area contributed by atoms with Crippen LogP contribution in [0, 0.1) is 11.8 Å². The van der Waals surface area contributed by atoms with Gasteiger partial charge in [-0.05, 0) is 77.9 Å². The number of aliphatic hydroxyl groups is 4. The number of ether oxygens (including phenoxy) is 13. The molecule has 23 heteroatoms. The van der Waals surface area contributed by atoms with E-state index in [0.717, 1.165) is 115 Å². The van der Waals surface area contributed by atoms with Crippen LogP contribution in [0.5, 0.6) is 0 Å². The van der Waals surface area contributed by atoms with Gasteiger partial charge in [-0.15, -0.1) is 0 Å². The van der Waals surface area contributed by atoms with Crippen LogP contribution in [0.1, 0.15) is 247 Å². The van der Waals surface area contributed by atoms with Gasteiger partial charge in [-0.3, -0.25) is 14.4 Å². The van der Waals surface area contributed by atoms with Gasteiger partial charge in [0.05, 0.1) is 55.4 Å². The summed E-state index contributed by atoms with van der Waals surface area (Å²) in [5.41, 5.74) is 0.771. The van der Waals surface area contributed by atoms with Crippen LogP contribution in [-0.4, -0.2) is 186 Å². The highest BCUT2D eigenvalue weighted by Gasteiger charge is 2.55. The molecule has 0 aromatic heterocycles. The van der Waals surface area contributed by atoms with E-state index in [0.29, 0.717) is 25.2 Å². The SMILES string of the molecule is CCCCCCCCCC(=O)C[C@H]1[C@H](O[C@@H]2C[C@@H]3OC(=O)CCCCCCCCC[C@H](C)OC4O[C@H](C)[C@H](O)[C@H](O)C4OC3O[C@H]2C)O[C@@H](C)[C@H](O[C@H]2C[C@H](OC(=O)/C=C/c3ccccc3)[C@@H](OC(=O)CCCCCCCCC(C)C)[C@H](C)O2)[C@H]1O[C@@H]1O[C@H](CO)C[C@H](OI)[C@@H]1O. The highest BCUT2D eigenvalue weighted by molar-refractivity contribution is 14.1. The number of hydrogen-bond donors (Lipinski definition) is 4. The average molecular weight is 1490 g/mol. The molecule has 22 nitrogen and oxygen atoms in total. The van der Waals surface area contributed by atoms with Crippen LogP contribution in [0.15, 0.2) is 36.4 Å². The fourth-order valence-corrected chi connectivity index (χ4v) is 14.5. The Bertz CT molecular complexity index is 2440. The lowest BCUT2D eigenvalue weighted by molar-refractivity contribution is -0.380. The average Bonchev–Trinajstić information content (AvgIpc) is 0.781. The fraction of sp³-hybridized carbons (Fsp3) is 0.838. The van der Waals surface area contributed by atoms with Gasteiger partial charge < -0.3 is 85.1 Å². The third-order valence-electron chi connectivity index (χ3n) is 19.8. The van der Waals surface area contributed by atoms with Crippen LogP contribution in [0.25, 0.3) is 6.08 Å². The number of rotatable bonds is 31. The number of Topliss-reactive ketones (excluding diaryl/α,β-unsaturated/α-hetero) is 1. The molecule has 23 atom stereocenters. The quantitative estimate of drug-likeness (QED) is 0.0177. The van der Waals surface area contributed by atoms with Crippen molar-refractivity contribution in [3.63, 3.8) is 0 Å². The Hall–Kier alpha value is -2.83. The minimum atomic E-state index is -1.47. The van der Waals surface area contributed by atoms with Crippen LogP contribution in [0.2, 0.25) is 0 Å². The van der Waals surface area contributed by atoms with E-state index >= 15 is 0 Å². The number of aliphatic hydroxyl groups excluding tert-OH is 4. The van der Waals surface area contributed by atoms with E-state index in [9.17, 15) is 39.6 Å². The molecule has 0 spiro atoms. The zero-order chi connectivity index (χ0) is 69.8. The molecule has 4 N–H and O–H groups in total. The smallest absolute Gasteiger partial charge is 0.331 e. The number of carbonyl (C=O) groups excluding carboxylic acids is 4. The highest BCUT2D eigenvalue weighted by Crippen LogP contribution is 2.42. The summed E-state index contributed by atoms with van der Waals surface area (Å²) in [6.45, 7) is 15.0. The summed E-state index contributed by atoms with van der Waals surface area (Å²) in [6.07, 6.45) is 0.759. The van der Waals surface area contributed by atoms with Gasteiger partial charge in [0, 0.05) is 56.9 Å². The van der Waals surface area contributed by atoms with E-state index in [1.165, 1.54) is 18.9 Å². The molecule has 0 aliphatic carbocycles. The third-order valence-corrected chi connectivity index (χ3v) is 20.4. The first kappa shape index (κ1) is 81.5. The second-order valence-electron chi connectivity index (χ2n) is 28.5. The van der Waals surface area contributed by atoms with Crippen molar-refractivity contribution in [3.05, 3.63) is 42.0 Å². The maximum absolute atomic E-state index is 14.8. The lowest BCUT2D eigenvalue weighted by atomic mass is 9.85. The summed E-state index contributed by atoms with van der Waals surface area (Å²) in [5.74, 6) is -2.10. The Kier molecular flexibility index (Phi) is 36.4. The minimum Gasteiger partial charge on any atom is -0.457 e. The summed E-state index contributed by atoms with van der Waals surface area (Å²) in [7, 11) is 0. The van der Waals surface area contributed by atoms with Crippen molar-refractivity contribution in [3.8, 4) is 0 Å². The number of ketones is 1. The van der Waals surface area contributed by atoms with E-state index in [-0.39, 0.29) is 56.8 Å². The Balaban J connectivity index is 1.19. The normalized spacial score (nSPS) is 36.0. The third kappa shape index (κ3) is 26.7. The lowest BCUT2D eigenvalue weighted by Crippen LogP contribution is -2.63. The molecule has 1 aromatic carbocycles. The standard InChI is InChI=1S/C74H119IO22/c1-9-10-11-12-14-21-29-36-53(77)41-55-69(95-73-65(82)57(97-75)42-54(45-76)89-73)68(94-63-44-58(90-62(80)40-39-52-34-27-24-28-35-52)67(50(7)85-63)93-61(79)38-31-23-18-17-19-25-32-46(2)3)51(8)88-71(55)92-56-43-59-72(86-48(56)5)96-70-66(83)64(81)49(6)87-74(70)84-47(4)33-26-20-15-13-16-22-30-37-60(78)91-59/h24,27-28,34-35,39-40,46-51,54-59,63-74,76,81-83H,9-23,25-26,29-33,36-38,41-45H2,1-8H3/b40-39+/t47-,48-,49+,50-,51-,54-,55+,56+,57-,58-,59-,63-,64-,65-,66-,67-,68-,69-,70?,71-,72?,73-,74?/m0/s1. The topological polar surface area (TPSA) is 278 Å². The molecular formula is C74H119IO22. The monoisotopic (exact) mass is 1490 g/mol. The summed E-state index contributed by atoms with van der Waals surface area (Å²) >= 11 is 1.71. The maximum atomic E-state index is 14.8. The summed E-state index contributed by atoms with van der Waals surface area (Å²) < 4.78 is 91.3. The number of hydrogen-bond acceptors (Lipinski definition) is 22. The van der Waals surface area contributed by atoms with Gasteiger partial charge in [0.25, 0.3) is 0 Å². The fourth-order valence-electron chi connectivity index (χ4n) is 14.0. The van der Waals surface area contributed by atoms with Crippen molar-refractivity contribution in [2.75, 3.05) is 6.61 Å². The van der Waals surface area contributed by atoms with Gasteiger partial charge in [0.1, 0.15) is 71.5 Å². The Morgan fingerprint density at radius 2 is 1.27 bits per heavy atom. The number of benzene rings is 1. The van der Waals surface area contributed by atoms with Crippen molar-refractivity contribution in [2.24, 2.45) is 11.8 Å². The summed E-state index contributed by atoms with van der Waals surface area (Å²) in [5, 5.41) is 45.4. The molecule has 97 heavy (non-hydrogen) atoms. The van der Waals surface area contributed by atoms with Crippen LogP contribution in [0.3, 0.4) is 0 Å². The van der Waals surface area contributed by atoms with Gasteiger partial charge in [-0.1, -0.05) is 167 Å². The largest absolute Gasteiger partial charge is 0.457 e. The highest BCUT2D eigenvalue weighted by atomic mass is 127. The van der Waals surface area contributed by atoms with E-state index < -0.39 is 160 Å². The molecule has 6 aliphatic rings. The number of halogens is 1. The molecule has 0 saturated carbocycles. The Morgan fingerprint density at radius 3 is 1.97 bits per heavy atom. The van der Waals surface area contributed by atoms with Crippen LogP contribution < -0.4 is 0 Å². The molecule has 0 amide bonds. The molecule has 0 bridgehead atoms. The second kappa shape index (κ2) is 43.3. The van der Waals surface area contributed by atoms with E-state index in [1.54, 1.807) is 56.8 Å². The first-order chi connectivity index (χ1) is 46.7. The van der Waals surface area contributed by atoms with Crippen molar-refractivity contribution in [1.29, 1.82) is 0 Å². The molecule has 0 radical (unpaired) electrons. The van der Waals surface area contributed by atoms with E-state index in [4.69, 9.17) is 64.6 Å². The number of unbranched alkanes of at least 4 members (excludes halogenated alkanes) is 11. The summed E-state index contributed by atoms with van der Waals surface area (Å²) in [6, 6.07) is 9.29. The second-order valence-corrected chi connectivity index (χ2v) is 29.0. The predicted octanol–water partition coefficient (Wildman–Crippen LogP) is 12.1. The first-order valence-corrected chi connectivity index (χ1v) is 37.9. The summed E-state index contributed by atoms with van der Waals surface area (Å²) in [4.78, 5) is 56.3. The van der Waals surface area contributed by atoms with Gasteiger partial charge >= 0.3 is 17.9 Å². The van der Waals surface area contributed by atoms with Crippen LogP contribution in [0.4, 0.5) is 0 Å². The van der Waals surface area contributed by atoms with Gasteiger partial charge in [0.2, 0.25) is 0 Å². The maximum Gasteiger partial charge on any atom is 0.331 e. The molecule has 6 saturated heterocycles. The van der Waals surface area contributed by atoms with Gasteiger partial charge in [-0.25, -0.2) is 4.79 Å². The van der Waals surface area contributed by atoms with Gasteiger partial charge in [0.15, 0.2) is 43.7 Å². The van der Waals surface area contributed by atoms with Crippen LogP contribution >= 0.6 is 23.0 Å². The molecule has 1 aromatic rings. The zero-order valence-corrected chi connectivity index (χ0v) is 61.3. The van der Waals surface area contributed by atoms with Crippen molar-refractivity contribution in [2.45, 2.75) is 377 Å². The molecule has 6 fully saturated rings. The Morgan fingerprint density at radius 1 is 0.608 bits per heavy atom. The molecule has 6 heterocycles. The zero-order valence-electron chi connectivity index (χ0n) is 59.1. The molecule has 3 unspecified atom stereocenters. The van der Waals surface area contributed by atoms with Crippen LogP contribution in [-0.2, 0) is 83.8 Å². The molecule has 6 aliphatic heterocycles. The molecule has 554 valence electrons. The van der Waals surface area contributed by atoms with E-state index in [1.807, 2.05) is 37.3 Å². The predicted molar refractivity (Wildman–Crippen MR) is 368 cm³/mol. The lowest BCUT2D eigenvalue weighted by Gasteiger charge is -2.50. The first-order valence-electron chi connectivity index (χ1n) is 37.1. The number of carbonyl (C=O) groups is 4.